The molecule has 0 unspecified atom stereocenters. The van der Waals surface area contributed by atoms with Crippen LogP contribution in [0, 0.1) is 6.92 Å². The molecule has 0 spiro atoms. The molecular weight excluding hydrogens is 488 g/mol. The average molecular weight is 519 g/mol. The highest BCUT2D eigenvalue weighted by molar-refractivity contribution is 5.87. The van der Waals surface area contributed by atoms with Gasteiger partial charge < -0.3 is 9.26 Å². The molecule has 5 aromatic rings. The van der Waals surface area contributed by atoms with Crippen molar-refractivity contribution in [2.75, 3.05) is 6.61 Å². The standard InChI is InChI=1S/C32H30N4O3/c1-3-38-31(37)32(17-18-32)27-15-13-25(14-16-27)24-9-11-26(12-10-24)30-29(22(2)34-39-30)21-36-20-28(33-35-36)19-23-7-5-4-6-8-23/h4-16,20H,3,17-19,21H2,1-2H3. The highest BCUT2D eigenvalue weighted by atomic mass is 16.5. The minimum Gasteiger partial charge on any atom is -0.465 e. The van der Waals surface area contributed by atoms with Crippen LogP contribution in [0.1, 0.15) is 47.8 Å². The Hall–Kier alpha value is -4.52. The normalized spacial score (nSPS) is 13.8. The first kappa shape index (κ1) is 24.8. The number of carbonyl (C=O) groups is 1. The van der Waals surface area contributed by atoms with E-state index in [9.17, 15) is 4.79 Å². The van der Waals surface area contributed by atoms with Gasteiger partial charge in [0.25, 0.3) is 0 Å². The van der Waals surface area contributed by atoms with E-state index in [0.717, 1.165) is 64.2 Å². The molecule has 7 heteroatoms. The van der Waals surface area contributed by atoms with Gasteiger partial charge in [0.2, 0.25) is 0 Å². The molecule has 0 amide bonds. The van der Waals surface area contributed by atoms with Crippen LogP contribution in [0.5, 0.6) is 0 Å². The fourth-order valence-electron chi connectivity index (χ4n) is 5.07. The summed E-state index contributed by atoms with van der Waals surface area (Å²) in [6.07, 6.45) is 4.41. The van der Waals surface area contributed by atoms with E-state index in [1.165, 1.54) is 5.56 Å². The van der Waals surface area contributed by atoms with Crippen molar-refractivity contribution in [3.8, 4) is 22.5 Å². The van der Waals surface area contributed by atoms with Gasteiger partial charge in [-0.25, -0.2) is 4.68 Å². The summed E-state index contributed by atoms with van der Waals surface area (Å²) in [4.78, 5) is 12.4. The number of carbonyl (C=O) groups excluding carboxylic acids is 1. The Morgan fingerprint density at radius 1 is 0.949 bits per heavy atom. The van der Waals surface area contributed by atoms with Crippen LogP contribution in [0.25, 0.3) is 22.5 Å². The van der Waals surface area contributed by atoms with Crippen molar-refractivity contribution in [3.63, 3.8) is 0 Å². The highest BCUT2D eigenvalue weighted by Gasteiger charge is 2.52. The molecule has 0 aliphatic heterocycles. The van der Waals surface area contributed by atoms with Crippen molar-refractivity contribution in [2.45, 2.75) is 45.1 Å². The van der Waals surface area contributed by atoms with Crippen molar-refractivity contribution in [1.82, 2.24) is 20.2 Å². The maximum Gasteiger partial charge on any atom is 0.316 e. The number of aryl methyl sites for hydroxylation is 1. The zero-order valence-electron chi connectivity index (χ0n) is 22.1. The van der Waals surface area contributed by atoms with Gasteiger partial charge in [0, 0.05) is 23.7 Å². The van der Waals surface area contributed by atoms with Crippen molar-refractivity contribution in [3.05, 3.63) is 113 Å². The Morgan fingerprint density at radius 2 is 1.62 bits per heavy atom. The van der Waals surface area contributed by atoms with Crippen molar-refractivity contribution >= 4 is 5.97 Å². The minimum atomic E-state index is -0.453. The molecule has 1 aliphatic carbocycles. The van der Waals surface area contributed by atoms with E-state index in [-0.39, 0.29) is 5.97 Å². The number of hydrogen-bond acceptors (Lipinski definition) is 6. The van der Waals surface area contributed by atoms with E-state index in [1.54, 1.807) is 0 Å². The van der Waals surface area contributed by atoms with E-state index >= 15 is 0 Å². The maximum atomic E-state index is 12.4. The minimum absolute atomic E-state index is 0.112. The lowest BCUT2D eigenvalue weighted by molar-refractivity contribution is -0.146. The van der Waals surface area contributed by atoms with Gasteiger partial charge in [0.05, 0.1) is 30.0 Å². The fourth-order valence-corrected chi connectivity index (χ4v) is 5.07. The Balaban J connectivity index is 1.17. The molecular formula is C32H30N4O3. The van der Waals surface area contributed by atoms with E-state index in [1.807, 2.05) is 42.9 Å². The number of ether oxygens (including phenoxy) is 1. The van der Waals surface area contributed by atoms with Gasteiger partial charge in [-0.3, -0.25) is 4.79 Å². The summed E-state index contributed by atoms with van der Waals surface area (Å²) in [6, 6.07) is 26.8. The Morgan fingerprint density at radius 3 is 2.28 bits per heavy atom. The van der Waals surface area contributed by atoms with Gasteiger partial charge in [-0.05, 0) is 48.9 Å². The monoisotopic (exact) mass is 518 g/mol. The molecule has 3 aromatic carbocycles. The molecule has 1 aliphatic rings. The Kier molecular flexibility index (Phi) is 6.57. The number of nitrogens with zero attached hydrogens (tertiary/aromatic N) is 4. The van der Waals surface area contributed by atoms with Gasteiger partial charge in [-0.2, -0.15) is 0 Å². The third-order valence-corrected chi connectivity index (χ3v) is 7.45. The zero-order chi connectivity index (χ0) is 26.8. The summed E-state index contributed by atoms with van der Waals surface area (Å²) in [5.74, 6) is 0.623. The lowest BCUT2D eigenvalue weighted by Crippen LogP contribution is -2.23. The zero-order valence-corrected chi connectivity index (χ0v) is 22.1. The first-order valence-corrected chi connectivity index (χ1v) is 13.3. The van der Waals surface area contributed by atoms with Crippen molar-refractivity contribution < 1.29 is 14.1 Å². The Labute approximate surface area is 227 Å². The van der Waals surface area contributed by atoms with Crippen LogP contribution in [-0.4, -0.2) is 32.7 Å². The second-order valence-electron chi connectivity index (χ2n) is 10.1. The first-order chi connectivity index (χ1) is 19.1. The lowest BCUT2D eigenvalue weighted by Gasteiger charge is -2.14. The van der Waals surface area contributed by atoms with Crippen LogP contribution in [0.3, 0.4) is 0 Å². The van der Waals surface area contributed by atoms with Crippen LogP contribution >= 0.6 is 0 Å². The van der Waals surface area contributed by atoms with Crippen LogP contribution in [0.15, 0.2) is 89.6 Å². The summed E-state index contributed by atoms with van der Waals surface area (Å²) in [6.45, 7) is 4.73. The molecule has 2 aromatic heterocycles. The van der Waals surface area contributed by atoms with Gasteiger partial charge in [0.15, 0.2) is 5.76 Å². The van der Waals surface area contributed by atoms with Gasteiger partial charge >= 0.3 is 5.97 Å². The molecule has 7 nitrogen and oxygen atoms in total. The summed E-state index contributed by atoms with van der Waals surface area (Å²) in [5.41, 5.74) is 7.65. The first-order valence-electron chi connectivity index (χ1n) is 13.3. The second kappa shape index (κ2) is 10.3. The van der Waals surface area contributed by atoms with Gasteiger partial charge in [-0.15, -0.1) is 5.10 Å². The van der Waals surface area contributed by atoms with Crippen LogP contribution in [-0.2, 0) is 27.9 Å². The van der Waals surface area contributed by atoms with Crippen LogP contribution < -0.4 is 0 Å². The van der Waals surface area contributed by atoms with Crippen molar-refractivity contribution in [1.29, 1.82) is 0 Å². The van der Waals surface area contributed by atoms with Crippen LogP contribution in [0.4, 0.5) is 0 Å². The smallest absolute Gasteiger partial charge is 0.316 e. The number of benzene rings is 3. The average Bonchev–Trinajstić information content (AvgIpc) is 3.55. The molecule has 39 heavy (non-hydrogen) atoms. The summed E-state index contributed by atoms with van der Waals surface area (Å²) < 4.78 is 12.9. The molecule has 1 fully saturated rings. The van der Waals surface area contributed by atoms with Gasteiger partial charge in [0.1, 0.15) is 0 Å². The molecule has 0 saturated heterocycles. The maximum absolute atomic E-state index is 12.4. The molecule has 6 rings (SSSR count). The predicted octanol–water partition coefficient (Wildman–Crippen LogP) is 6.14. The number of aromatic nitrogens is 4. The summed E-state index contributed by atoms with van der Waals surface area (Å²) >= 11 is 0. The number of hydrogen-bond donors (Lipinski definition) is 0. The Bertz CT molecular complexity index is 1580. The lowest BCUT2D eigenvalue weighted by atomic mass is 9.93. The predicted molar refractivity (Wildman–Crippen MR) is 148 cm³/mol. The quantitative estimate of drug-likeness (QED) is 0.218. The third-order valence-electron chi connectivity index (χ3n) is 7.45. The highest BCUT2D eigenvalue weighted by Crippen LogP contribution is 2.49. The van der Waals surface area contributed by atoms with E-state index in [0.29, 0.717) is 13.2 Å². The van der Waals surface area contributed by atoms with Crippen molar-refractivity contribution in [2.24, 2.45) is 0 Å². The molecule has 1 saturated carbocycles. The molecule has 0 bridgehead atoms. The third kappa shape index (κ3) is 5.00. The molecule has 0 N–H and O–H groups in total. The molecule has 196 valence electrons. The fraction of sp³-hybridized carbons (Fsp3) is 0.250. The summed E-state index contributed by atoms with van der Waals surface area (Å²) in [5, 5.41) is 12.9. The van der Waals surface area contributed by atoms with E-state index in [4.69, 9.17) is 9.26 Å². The largest absolute Gasteiger partial charge is 0.465 e. The molecule has 2 heterocycles. The topological polar surface area (TPSA) is 83.0 Å². The van der Waals surface area contributed by atoms with E-state index < -0.39 is 5.41 Å². The number of rotatable bonds is 9. The number of esters is 1. The SMILES string of the molecule is CCOC(=O)C1(c2ccc(-c3ccc(-c4onc(C)c4Cn4cc(Cc5ccccc5)nn4)cc3)cc2)CC1. The van der Waals surface area contributed by atoms with Crippen LogP contribution in [0.2, 0.25) is 0 Å². The van der Waals surface area contributed by atoms with E-state index in [2.05, 4.69) is 76.1 Å². The molecule has 0 atom stereocenters. The molecule has 0 radical (unpaired) electrons. The second-order valence-corrected chi connectivity index (χ2v) is 10.1. The summed E-state index contributed by atoms with van der Waals surface area (Å²) in [7, 11) is 0. The van der Waals surface area contributed by atoms with Gasteiger partial charge in [-0.1, -0.05) is 89.2 Å².